The van der Waals surface area contributed by atoms with Crippen molar-refractivity contribution < 1.29 is 23.9 Å². The molecule has 0 aliphatic carbocycles. The highest BCUT2D eigenvalue weighted by molar-refractivity contribution is 5.92. The lowest BCUT2D eigenvalue weighted by molar-refractivity contribution is -0.145. The predicted octanol–water partition coefficient (Wildman–Crippen LogP) is -1.06. The van der Waals surface area contributed by atoms with E-state index in [1.807, 2.05) is 0 Å². The van der Waals surface area contributed by atoms with Crippen LogP contribution in [0.25, 0.3) is 0 Å². The lowest BCUT2D eigenvalue weighted by atomic mass is 10.0. The van der Waals surface area contributed by atoms with Crippen LogP contribution in [0, 0.1) is 5.92 Å². The van der Waals surface area contributed by atoms with Gasteiger partial charge in [-0.15, -0.1) is 0 Å². The molecule has 0 spiro atoms. The molecule has 8 heteroatoms. The van der Waals surface area contributed by atoms with E-state index >= 15 is 0 Å². The Kier molecular flexibility index (Phi) is 8.03. The van der Waals surface area contributed by atoms with Gasteiger partial charge in [0.1, 0.15) is 12.1 Å². The number of esters is 1. The van der Waals surface area contributed by atoms with E-state index in [2.05, 4.69) is 20.7 Å². The van der Waals surface area contributed by atoms with Crippen molar-refractivity contribution in [1.29, 1.82) is 0 Å². The topological polar surface area (TPSA) is 114 Å². The third-order valence-electron chi connectivity index (χ3n) is 2.68. The van der Waals surface area contributed by atoms with Crippen LogP contribution in [0.1, 0.15) is 27.7 Å². The Bertz CT molecular complexity index is 409. The summed E-state index contributed by atoms with van der Waals surface area (Å²) >= 11 is 0. The Morgan fingerprint density at radius 1 is 1.05 bits per heavy atom. The molecule has 0 aromatic rings. The van der Waals surface area contributed by atoms with E-state index in [0.29, 0.717) is 0 Å². The minimum atomic E-state index is -0.809. The highest BCUT2D eigenvalue weighted by atomic mass is 16.5. The van der Waals surface area contributed by atoms with Gasteiger partial charge in [0.2, 0.25) is 17.7 Å². The summed E-state index contributed by atoms with van der Waals surface area (Å²) in [6.45, 7) is 6.08. The predicted molar refractivity (Wildman–Crippen MR) is 75.1 cm³/mol. The van der Waals surface area contributed by atoms with Gasteiger partial charge < -0.3 is 20.7 Å². The number of carbonyl (C=O) groups excluding carboxylic acids is 4. The molecule has 0 unspecified atom stereocenters. The van der Waals surface area contributed by atoms with Crippen LogP contribution in [0.2, 0.25) is 0 Å². The maximum atomic E-state index is 12.1. The summed E-state index contributed by atoms with van der Waals surface area (Å²) in [5.74, 6) is -2.06. The van der Waals surface area contributed by atoms with Crippen molar-refractivity contribution in [3.8, 4) is 0 Å². The second kappa shape index (κ2) is 8.93. The Morgan fingerprint density at radius 3 is 2.05 bits per heavy atom. The second-order valence-corrected chi connectivity index (χ2v) is 4.95. The third-order valence-corrected chi connectivity index (χ3v) is 2.68. The zero-order valence-corrected chi connectivity index (χ0v) is 13.0. The minimum absolute atomic E-state index is 0.184. The molecule has 120 valence electrons. The van der Waals surface area contributed by atoms with Crippen molar-refractivity contribution in [3.05, 3.63) is 0 Å². The molecule has 0 saturated carbocycles. The molecule has 3 amide bonds. The van der Waals surface area contributed by atoms with Gasteiger partial charge in [0.05, 0.1) is 13.7 Å². The van der Waals surface area contributed by atoms with Crippen LogP contribution in [0.15, 0.2) is 0 Å². The molecule has 2 atom stereocenters. The summed E-state index contributed by atoms with van der Waals surface area (Å²) in [5.41, 5.74) is 0. The first kappa shape index (κ1) is 18.9. The van der Waals surface area contributed by atoms with Crippen molar-refractivity contribution >= 4 is 23.7 Å². The lowest BCUT2D eigenvalue weighted by Crippen LogP contribution is -2.54. The Labute approximate surface area is 124 Å². The summed E-state index contributed by atoms with van der Waals surface area (Å²) in [6.07, 6.45) is 0. The van der Waals surface area contributed by atoms with Crippen LogP contribution < -0.4 is 16.0 Å². The molecular formula is C13H23N3O5. The van der Waals surface area contributed by atoms with Gasteiger partial charge in [0.25, 0.3) is 0 Å². The summed E-state index contributed by atoms with van der Waals surface area (Å²) in [7, 11) is 1.22. The summed E-state index contributed by atoms with van der Waals surface area (Å²) < 4.78 is 4.51. The monoisotopic (exact) mass is 301 g/mol. The molecule has 0 saturated heterocycles. The fourth-order valence-electron chi connectivity index (χ4n) is 1.50. The SMILES string of the molecule is COC(=O)[C@H](C)NC(=O)[C@@H](NC(=O)CNC(C)=O)C(C)C. The number of nitrogens with one attached hydrogen (secondary N) is 3. The fraction of sp³-hybridized carbons (Fsp3) is 0.692. The quantitative estimate of drug-likeness (QED) is 0.519. The average Bonchev–Trinajstić information content (AvgIpc) is 2.40. The molecule has 0 rings (SSSR count). The largest absolute Gasteiger partial charge is 0.467 e. The zero-order chi connectivity index (χ0) is 16.6. The van der Waals surface area contributed by atoms with E-state index in [1.165, 1.54) is 21.0 Å². The molecule has 0 bridgehead atoms. The number of amides is 3. The van der Waals surface area contributed by atoms with E-state index in [9.17, 15) is 19.2 Å². The van der Waals surface area contributed by atoms with Crippen molar-refractivity contribution in [2.45, 2.75) is 39.8 Å². The first-order chi connectivity index (χ1) is 9.68. The van der Waals surface area contributed by atoms with Crippen molar-refractivity contribution in [2.24, 2.45) is 5.92 Å². The number of rotatable bonds is 7. The van der Waals surface area contributed by atoms with E-state index in [0.717, 1.165) is 0 Å². The Morgan fingerprint density at radius 2 is 1.62 bits per heavy atom. The highest BCUT2D eigenvalue weighted by Crippen LogP contribution is 2.02. The maximum Gasteiger partial charge on any atom is 0.328 e. The first-order valence-electron chi connectivity index (χ1n) is 6.61. The molecule has 0 aromatic heterocycles. The van der Waals surface area contributed by atoms with Gasteiger partial charge in [-0.1, -0.05) is 13.8 Å². The van der Waals surface area contributed by atoms with E-state index in [4.69, 9.17) is 0 Å². The van der Waals surface area contributed by atoms with Crippen molar-refractivity contribution in [1.82, 2.24) is 16.0 Å². The van der Waals surface area contributed by atoms with Gasteiger partial charge in [-0.3, -0.25) is 14.4 Å². The van der Waals surface area contributed by atoms with E-state index in [-0.39, 0.29) is 18.4 Å². The van der Waals surface area contributed by atoms with Crippen molar-refractivity contribution in [2.75, 3.05) is 13.7 Å². The number of methoxy groups -OCH3 is 1. The van der Waals surface area contributed by atoms with Gasteiger partial charge >= 0.3 is 5.97 Å². The normalized spacial score (nSPS) is 13.0. The molecule has 21 heavy (non-hydrogen) atoms. The van der Waals surface area contributed by atoms with Gasteiger partial charge in [-0.25, -0.2) is 4.79 Å². The molecule has 0 fully saturated rings. The van der Waals surface area contributed by atoms with Gasteiger partial charge in [-0.05, 0) is 12.8 Å². The van der Waals surface area contributed by atoms with Gasteiger partial charge in [0.15, 0.2) is 0 Å². The van der Waals surface area contributed by atoms with Crippen LogP contribution in [0.4, 0.5) is 0 Å². The average molecular weight is 301 g/mol. The number of hydrogen-bond acceptors (Lipinski definition) is 5. The van der Waals surface area contributed by atoms with Crippen LogP contribution in [-0.4, -0.2) is 49.4 Å². The molecule has 0 aromatic carbocycles. The number of ether oxygens (including phenoxy) is 1. The Hall–Kier alpha value is -2.12. The highest BCUT2D eigenvalue weighted by Gasteiger charge is 2.27. The zero-order valence-electron chi connectivity index (χ0n) is 13.0. The standard InChI is InChI=1S/C13H23N3O5/c1-7(2)11(16-10(18)6-14-9(4)17)12(19)15-8(3)13(20)21-5/h7-8,11H,6H2,1-5H3,(H,14,17)(H,15,19)(H,16,18)/t8-,11-/m0/s1. The number of hydrogen-bond donors (Lipinski definition) is 3. The summed E-state index contributed by atoms with van der Waals surface area (Å²) in [4.78, 5) is 45.7. The minimum Gasteiger partial charge on any atom is -0.467 e. The molecule has 0 aliphatic rings. The van der Waals surface area contributed by atoms with Crippen LogP contribution in [0.5, 0.6) is 0 Å². The summed E-state index contributed by atoms with van der Waals surface area (Å²) in [6, 6.07) is -1.62. The van der Waals surface area contributed by atoms with Crippen LogP contribution in [-0.2, 0) is 23.9 Å². The number of carbonyl (C=O) groups is 4. The fourth-order valence-corrected chi connectivity index (χ4v) is 1.50. The summed E-state index contributed by atoms with van der Waals surface area (Å²) in [5, 5.41) is 7.32. The molecule has 8 nitrogen and oxygen atoms in total. The van der Waals surface area contributed by atoms with Gasteiger partial charge in [0, 0.05) is 6.92 Å². The van der Waals surface area contributed by atoms with Gasteiger partial charge in [-0.2, -0.15) is 0 Å². The second-order valence-electron chi connectivity index (χ2n) is 4.95. The third kappa shape index (κ3) is 7.28. The maximum absolute atomic E-state index is 12.1. The molecule has 3 N–H and O–H groups in total. The van der Waals surface area contributed by atoms with Crippen LogP contribution in [0.3, 0.4) is 0 Å². The molecule has 0 radical (unpaired) electrons. The van der Waals surface area contributed by atoms with Crippen LogP contribution >= 0.6 is 0 Å². The lowest BCUT2D eigenvalue weighted by Gasteiger charge is -2.23. The first-order valence-corrected chi connectivity index (χ1v) is 6.61. The smallest absolute Gasteiger partial charge is 0.328 e. The van der Waals surface area contributed by atoms with E-state index in [1.54, 1.807) is 13.8 Å². The van der Waals surface area contributed by atoms with E-state index < -0.39 is 29.9 Å². The molecule has 0 aliphatic heterocycles. The molecule has 0 heterocycles. The molecular weight excluding hydrogens is 278 g/mol. The Balaban J connectivity index is 4.60. The van der Waals surface area contributed by atoms with Crippen molar-refractivity contribution in [3.63, 3.8) is 0 Å².